The molecule has 0 bridgehead atoms. The monoisotopic (exact) mass is 382 g/mol. The van der Waals surface area contributed by atoms with Gasteiger partial charge in [0.1, 0.15) is 5.76 Å². The van der Waals surface area contributed by atoms with Gasteiger partial charge in [-0.25, -0.2) is 0 Å². The van der Waals surface area contributed by atoms with Crippen molar-refractivity contribution in [1.29, 1.82) is 0 Å². The van der Waals surface area contributed by atoms with E-state index in [1.807, 2.05) is 32.1 Å². The number of aliphatic hydroxyl groups excluding tert-OH is 1. The molecule has 0 amide bonds. The molecule has 0 saturated heterocycles. The summed E-state index contributed by atoms with van der Waals surface area (Å²) in [6.07, 6.45) is 18.3. The van der Waals surface area contributed by atoms with Gasteiger partial charge < -0.3 is 10.4 Å². The predicted octanol–water partition coefficient (Wildman–Crippen LogP) is 5.66. The Morgan fingerprint density at radius 3 is 2.29 bits per heavy atom. The first-order valence-corrected chi connectivity index (χ1v) is 9.92. The maximum Gasteiger partial charge on any atom is 0.115 e. The minimum absolute atomic E-state index is 0.299. The van der Waals surface area contributed by atoms with Gasteiger partial charge in [0, 0.05) is 38.3 Å². The van der Waals surface area contributed by atoms with E-state index < -0.39 is 0 Å². The van der Waals surface area contributed by atoms with Gasteiger partial charge in [0.05, 0.1) is 0 Å². The van der Waals surface area contributed by atoms with Crippen LogP contribution < -0.4 is 5.32 Å². The maximum atomic E-state index is 10.2. The number of aliphatic hydroxyl groups is 1. The Labute approximate surface area is 172 Å². The highest BCUT2D eigenvalue weighted by Crippen LogP contribution is 2.12. The van der Waals surface area contributed by atoms with Crippen LogP contribution in [0.25, 0.3) is 0 Å². The molecule has 0 atom stereocenters. The normalized spacial score (nSPS) is 14.0. The second kappa shape index (κ2) is 16.8. The van der Waals surface area contributed by atoms with E-state index in [1.165, 1.54) is 5.57 Å². The van der Waals surface area contributed by atoms with Crippen LogP contribution in [0.3, 0.4) is 0 Å². The highest BCUT2D eigenvalue weighted by Gasteiger charge is 2.11. The second-order valence-corrected chi connectivity index (χ2v) is 6.36. The average molecular weight is 383 g/mol. The van der Waals surface area contributed by atoms with Crippen LogP contribution in [0.5, 0.6) is 0 Å². The lowest BCUT2D eigenvalue weighted by Gasteiger charge is -2.24. The zero-order valence-electron chi connectivity index (χ0n) is 18.0. The topological polar surface area (TPSA) is 35.5 Å². The first kappa shape index (κ1) is 25.6. The molecule has 0 radical (unpaired) electrons. The van der Waals surface area contributed by atoms with E-state index >= 15 is 0 Å². The zero-order valence-corrected chi connectivity index (χ0v) is 18.0. The number of rotatable bonds is 15. The van der Waals surface area contributed by atoms with Crippen LogP contribution in [0.15, 0.2) is 96.9 Å². The SMILES string of the molecule is C=C/C=C(CN(CCNC/C(C=C)=C/C=C)CC(/C=C\C)=C/CC)\C(O)=C/C. The first-order chi connectivity index (χ1) is 13.6. The van der Waals surface area contributed by atoms with Crippen molar-refractivity contribution in [3.8, 4) is 0 Å². The van der Waals surface area contributed by atoms with Crippen LogP contribution in [-0.4, -0.2) is 42.7 Å². The van der Waals surface area contributed by atoms with E-state index in [2.05, 4.69) is 55.1 Å². The number of hydrogen-bond acceptors (Lipinski definition) is 3. The van der Waals surface area contributed by atoms with Crippen molar-refractivity contribution in [2.75, 3.05) is 32.7 Å². The lowest BCUT2D eigenvalue weighted by atomic mass is 10.1. The van der Waals surface area contributed by atoms with Crippen LogP contribution in [0.1, 0.15) is 27.2 Å². The van der Waals surface area contributed by atoms with Crippen LogP contribution in [0.2, 0.25) is 0 Å². The van der Waals surface area contributed by atoms with E-state index in [0.717, 1.165) is 43.7 Å². The first-order valence-electron chi connectivity index (χ1n) is 9.92. The standard InChI is InChI=1S/C25H38N2O/c1-7-13-22(11-5)19-26-17-18-27(20-23(14-8-2)15-9-3)21-24(16-10-4)25(28)12-6/h7-8,10-16,26,28H,1,4-5,9,17-21H2,2-3,6H3/b14-8-,22-13+,23-15+,24-16-,25-12+. The van der Waals surface area contributed by atoms with E-state index in [0.29, 0.717) is 12.3 Å². The Morgan fingerprint density at radius 1 is 1.04 bits per heavy atom. The molecule has 3 nitrogen and oxygen atoms in total. The van der Waals surface area contributed by atoms with E-state index in [-0.39, 0.29) is 0 Å². The zero-order chi connectivity index (χ0) is 21.2. The molecule has 0 aliphatic rings. The van der Waals surface area contributed by atoms with Crippen LogP contribution in [0.4, 0.5) is 0 Å². The minimum Gasteiger partial charge on any atom is -0.508 e. The highest BCUT2D eigenvalue weighted by molar-refractivity contribution is 5.30. The summed E-state index contributed by atoms with van der Waals surface area (Å²) in [5.41, 5.74) is 3.26. The van der Waals surface area contributed by atoms with Gasteiger partial charge in [0.25, 0.3) is 0 Å². The molecule has 0 spiro atoms. The van der Waals surface area contributed by atoms with Crippen LogP contribution in [-0.2, 0) is 0 Å². The van der Waals surface area contributed by atoms with Gasteiger partial charge in [0.2, 0.25) is 0 Å². The van der Waals surface area contributed by atoms with Crippen molar-refractivity contribution < 1.29 is 5.11 Å². The molecule has 2 N–H and O–H groups in total. The highest BCUT2D eigenvalue weighted by atomic mass is 16.3. The summed E-state index contributed by atoms with van der Waals surface area (Å²) >= 11 is 0. The van der Waals surface area contributed by atoms with Crippen LogP contribution >= 0.6 is 0 Å². The van der Waals surface area contributed by atoms with E-state index in [9.17, 15) is 5.11 Å². The Morgan fingerprint density at radius 2 is 1.75 bits per heavy atom. The molecular formula is C25H38N2O. The van der Waals surface area contributed by atoms with Crippen molar-refractivity contribution in [2.45, 2.75) is 27.2 Å². The lowest BCUT2D eigenvalue weighted by molar-refractivity contribution is 0.311. The van der Waals surface area contributed by atoms with Crippen LogP contribution in [0, 0.1) is 0 Å². The lowest BCUT2D eigenvalue weighted by Crippen LogP contribution is -2.35. The van der Waals surface area contributed by atoms with Gasteiger partial charge in [-0.2, -0.15) is 0 Å². The Kier molecular flexibility index (Phi) is 15.4. The quantitative estimate of drug-likeness (QED) is 0.218. The molecule has 0 heterocycles. The molecule has 154 valence electrons. The number of nitrogens with zero attached hydrogens (tertiary/aromatic N) is 1. The summed E-state index contributed by atoms with van der Waals surface area (Å²) < 4.78 is 0. The smallest absolute Gasteiger partial charge is 0.115 e. The van der Waals surface area contributed by atoms with Crippen molar-refractivity contribution in [3.63, 3.8) is 0 Å². The minimum atomic E-state index is 0.299. The number of hydrogen-bond donors (Lipinski definition) is 2. The molecule has 0 unspecified atom stereocenters. The largest absolute Gasteiger partial charge is 0.508 e. The summed E-state index contributed by atoms with van der Waals surface area (Å²) in [5.74, 6) is 0.299. The van der Waals surface area contributed by atoms with E-state index in [1.54, 1.807) is 18.2 Å². The molecule has 0 rings (SSSR count). The second-order valence-electron chi connectivity index (χ2n) is 6.36. The molecule has 28 heavy (non-hydrogen) atoms. The molecule has 0 aliphatic heterocycles. The van der Waals surface area contributed by atoms with Gasteiger partial charge in [-0.3, -0.25) is 4.90 Å². The maximum absolute atomic E-state index is 10.2. The molecule has 0 fully saturated rings. The summed E-state index contributed by atoms with van der Waals surface area (Å²) in [6.45, 7) is 21.3. The van der Waals surface area contributed by atoms with Gasteiger partial charge in [-0.05, 0) is 37.5 Å². The fourth-order valence-corrected chi connectivity index (χ4v) is 2.74. The molecule has 3 heteroatoms. The summed E-state index contributed by atoms with van der Waals surface area (Å²) in [5, 5.41) is 13.7. The van der Waals surface area contributed by atoms with Crippen molar-refractivity contribution in [1.82, 2.24) is 10.2 Å². The van der Waals surface area contributed by atoms with Gasteiger partial charge in [-0.15, -0.1) is 0 Å². The van der Waals surface area contributed by atoms with Gasteiger partial charge in [-0.1, -0.05) is 75.3 Å². The van der Waals surface area contributed by atoms with Gasteiger partial charge in [0.15, 0.2) is 0 Å². The molecule has 0 saturated carbocycles. The molecule has 0 aromatic heterocycles. The fraction of sp³-hybridized carbons (Fsp3) is 0.360. The molecule has 0 aromatic rings. The number of allylic oxidation sites excluding steroid dienone is 7. The summed E-state index contributed by atoms with van der Waals surface area (Å²) in [7, 11) is 0. The van der Waals surface area contributed by atoms with Crippen molar-refractivity contribution in [2.24, 2.45) is 0 Å². The average Bonchev–Trinajstić information content (AvgIpc) is 2.69. The van der Waals surface area contributed by atoms with Gasteiger partial charge >= 0.3 is 0 Å². The van der Waals surface area contributed by atoms with E-state index in [4.69, 9.17) is 0 Å². The van der Waals surface area contributed by atoms with Crippen molar-refractivity contribution in [3.05, 3.63) is 96.9 Å². The van der Waals surface area contributed by atoms with Crippen molar-refractivity contribution >= 4 is 0 Å². The Hall–Kier alpha value is -2.36. The molecule has 0 aromatic carbocycles. The third-order valence-electron chi connectivity index (χ3n) is 4.10. The summed E-state index contributed by atoms with van der Waals surface area (Å²) in [4.78, 5) is 2.33. The fourth-order valence-electron chi connectivity index (χ4n) is 2.74. The summed E-state index contributed by atoms with van der Waals surface area (Å²) in [6, 6.07) is 0. The predicted molar refractivity (Wildman–Crippen MR) is 126 cm³/mol. The third-order valence-corrected chi connectivity index (χ3v) is 4.10. The Bertz CT molecular complexity index is 633. The molecular weight excluding hydrogens is 344 g/mol. The number of nitrogens with one attached hydrogen (secondary N) is 1. The Balaban J connectivity index is 5.21. The third kappa shape index (κ3) is 11.4. The molecule has 0 aliphatic carbocycles.